The lowest BCUT2D eigenvalue weighted by Gasteiger charge is -2.13. The minimum absolute atomic E-state index is 0.103. The highest BCUT2D eigenvalue weighted by Gasteiger charge is 2.22. The lowest BCUT2D eigenvalue weighted by atomic mass is 10.2. The first-order valence-electron chi connectivity index (χ1n) is 6.67. The number of hydrogen-bond acceptors (Lipinski definition) is 2. The van der Waals surface area contributed by atoms with Crippen LogP contribution in [0.25, 0.3) is 0 Å². The lowest BCUT2D eigenvalue weighted by Crippen LogP contribution is -2.16. The van der Waals surface area contributed by atoms with Gasteiger partial charge in [-0.2, -0.15) is 0 Å². The van der Waals surface area contributed by atoms with Crippen LogP contribution in [-0.2, 0) is 6.54 Å². The number of benzene rings is 2. The average molecular weight is 275 g/mol. The van der Waals surface area contributed by atoms with Gasteiger partial charge < -0.3 is 10.1 Å². The molecule has 1 aliphatic rings. The molecule has 2 nitrogen and oxygen atoms in total. The molecule has 0 atom stereocenters. The summed E-state index contributed by atoms with van der Waals surface area (Å²) in [6, 6.07) is 11.2. The Balaban J connectivity index is 1.84. The van der Waals surface area contributed by atoms with E-state index >= 15 is 0 Å². The molecule has 1 fully saturated rings. The van der Waals surface area contributed by atoms with E-state index in [4.69, 9.17) is 4.74 Å². The van der Waals surface area contributed by atoms with E-state index in [0.717, 1.165) is 12.8 Å². The number of nitrogens with one attached hydrogen (secondary N) is 1. The van der Waals surface area contributed by atoms with Crippen LogP contribution in [0.5, 0.6) is 11.5 Å². The summed E-state index contributed by atoms with van der Waals surface area (Å²) in [7, 11) is 0. The van der Waals surface area contributed by atoms with Crippen LogP contribution in [0, 0.1) is 11.6 Å². The summed E-state index contributed by atoms with van der Waals surface area (Å²) in [6.45, 7) is 0.390. The third-order valence-corrected chi connectivity index (χ3v) is 3.28. The van der Waals surface area contributed by atoms with Gasteiger partial charge in [0.25, 0.3) is 0 Å². The topological polar surface area (TPSA) is 21.3 Å². The largest absolute Gasteiger partial charge is 0.454 e. The van der Waals surface area contributed by atoms with Gasteiger partial charge in [-0.1, -0.05) is 18.2 Å². The molecule has 20 heavy (non-hydrogen) atoms. The predicted molar refractivity (Wildman–Crippen MR) is 72.7 cm³/mol. The molecule has 0 spiro atoms. The van der Waals surface area contributed by atoms with Gasteiger partial charge in [-0.25, -0.2) is 8.78 Å². The number of hydrogen-bond donors (Lipinski definition) is 1. The number of ether oxygens (including phenoxy) is 1. The fourth-order valence-corrected chi connectivity index (χ4v) is 1.99. The van der Waals surface area contributed by atoms with Crippen molar-refractivity contribution in [3.63, 3.8) is 0 Å². The van der Waals surface area contributed by atoms with Crippen LogP contribution in [0.3, 0.4) is 0 Å². The maximum absolute atomic E-state index is 13.9. The SMILES string of the molecule is Fc1ccccc1Oc1cccc(F)c1CNC1CC1. The number of para-hydroxylation sites is 1. The van der Waals surface area contributed by atoms with Gasteiger partial charge in [-0.3, -0.25) is 0 Å². The average Bonchev–Trinajstić information content (AvgIpc) is 3.25. The van der Waals surface area contributed by atoms with Crippen molar-refractivity contribution in [2.24, 2.45) is 0 Å². The monoisotopic (exact) mass is 275 g/mol. The zero-order chi connectivity index (χ0) is 13.9. The van der Waals surface area contributed by atoms with Gasteiger partial charge in [-0.15, -0.1) is 0 Å². The second-order valence-electron chi connectivity index (χ2n) is 4.90. The van der Waals surface area contributed by atoms with E-state index in [1.54, 1.807) is 24.3 Å². The van der Waals surface area contributed by atoms with Crippen LogP contribution in [0.15, 0.2) is 42.5 Å². The molecule has 4 heteroatoms. The highest BCUT2D eigenvalue weighted by atomic mass is 19.1. The molecule has 0 aliphatic heterocycles. The maximum atomic E-state index is 13.9. The quantitative estimate of drug-likeness (QED) is 0.890. The summed E-state index contributed by atoms with van der Waals surface area (Å²) >= 11 is 0. The van der Waals surface area contributed by atoms with Gasteiger partial charge >= 0.3 is 0 Å². The van der Waals surface area contributed by atoms with Gasteiger partial charge in [0.2, 0.25) is 0 Å². The Morgan fingerprint density at radius 1 is 0.950 bits per heavy atom. The van der Waals surface area contributed by atoms with Crippen molar-refractivity contribution in [2.75, 3.05) is 0 Å². The fraction of sp³-hybridized carbons (Fsp3) is 0.250. The second kappa shape index (κ2) is 5.59. The normalized spacial score (nSPS) is 14.3. The molecule has 0 radical (unpaired) electrons. The van der Waals surface area contributed by atoms with Crippen molar-refractivity contribution in [1.82, 2.24) is 5.32 Å². The van der Waals surface area contributed by atoms with Crippen molar-refractivity contribution in [3.8, 4) is 11.5 Å². The van der Waals surface area contributed by atoms with E-state index in [0.29, 0.717) is 23.9 Å². The Labute approximate surface area is 116 Å². The zero-order valence-corrected chi connectivity index (χ0v) is 10.9. The van der Waals surface area contributed by atoms with Crippen LogP contribution in [0.4, 0.5) is 8.78 Å². The van der Waals surface area contributed by atoms with E-state index in [9.17, 15) is 8.78 Å². The summed E-state index contributed by atoms with van der Waals surface area (Å²) < 4.78 is 33.0. The molecule has 1 aliphatic carbocycles. The molecule has 0 bridgehead atoms. The Hall–Kier alpha value is -1.94. The first kappa shape index (κ1) is 13.1. The first-order chi connectivity index (χ1) is 9.74. The summed E-state index contributed by atoms with van der Waals surface area (Å²) in [5, 5.41) is 3.24. The van der Waals surface area contributed by atoms with E-state index in [1.165, 1.54) is 18.2 Å². The summed E-state index contributed by atoms with van der Waals surface area (Å²) in [6.07, 6.45) is 2.25. The van der Waals surface area contributed by atoms with Crippen LogP contribution in [0.2, 0.25) is 0 Å². The van der Waals surface area contributed by atoms with Crippen molar-refractivity contribution in [2.45, 2.75) is 25.4 Å². The third-order valence-electron chi connectivity index (χ3n) is 3.28. The molecule has 0 heterocycles. The van der Waals surface area contributed by atoms with Crippen molar-refractivity contribution < 1.29 is 13.5 Å². The fourth-order valence-electron chi connectivity index (χ4n) is 1.99. The smallest absolute Gasteiger partial charge is 0.165 e. The summed E-state index contributed by atoms with van der Waals surface area (Å²) in [4.78, 5) is 0. The summed E-state index contributed by atoms with van der Waals surface area (Å²) in [5.74, 6) is -0.348. The lowest BCUT2D eigenvalue weighted by molar-refractivity contribution is 0.429. The van der Waals surface area contributed by atoms with Gasteiger partial charge in [-0.05, 0) is 37.1 Å². The minimum Gasteiger partial charge on any atom is -0.454 e. The van der Waals surface area contributed by atoms with Gasteiger partial charge in [0, 0.05) is 18.2 Å². The molecular formula is C16H15F2NO. The third kappa shape index (κ3) is 2.96. The van der Waals surface area contributed by atoms with Gasteiger partial charge in [0.1, 0.15) is 11.6 Å². The molecule has 0 amide bonds. The number of rotatable bonds is 5. The van der Waals surface area contributed by atoms with E-state index in [2.05, 4.69) is 5.32 Å². The van der Waals surface area contributed by atoms with E-state index < -0.39 is 5.82 Å². The number of halogens is 2. The molecule has 0 aromatic heterocycles. The van der Waals surface area contributed by atoms with Gasteiger partial charge in [0.05, 0.1) is 0 Å². The van der Waals surface area contributed by atoms with Crippen LogP contribution in [0.1, 0.15) is 18.4 Å². The van der Waals surface area contributed by atoms with Crippen molar-refractivity contribution >= 4 is 0 Å². The molecule has 1 saturated carbocycles. The van der Waals surface area contributed by atoms with Crippen molar-refractivity contribution in [3.05, 3.63) is 59.7 Å². The Bertz CT molecular complexity index is 611. The molecule has 0 saturated heterocycles. The Morgan fingerprint density at radius 2 is 1.65 bits per heavy atom. The molecule has 2 aromatic carbocycles. The molecule has 104 valence electrons. The Kier molecular flexibility index (Phi) is 3.65. The molecule has 1 N–H and O–H groups in total. The standard InChI is InChI=1S/C16H15F2NO/c17-13-5-3-7-15(12(13)10-19-11-8-9-11)20-16-6-2-1-4-14(16)18/h1-7,11,19H,8-10H2. The molecular weight excluding hydrogens is 260 g/mol. The second-order valence-corrected chi connectivity index (χ2v) is 4.90. The maximum Gasteiger partial charge on any atom is 0.165 e. The zero-order valence-electron chi connectivity index (χ0n) is 10.9. The Morgan fingerprint density at radius 3 is 2.40 bits per heavy atom. The van der Waals surface area contributed by atoms with Crippen LogP contribution < -0.4 is 10.1 Å². The van der Waals surface area contributed by atoms with E-state index in [-0.39, 0.29) is 11.6 Å². The predicted octanol–water partition coefficient (Wildman–Crippen LogP) is 4.01. The van der Waals surface area contributed by atoms with Gasteiger partial charge in [0.15, 0.2) is 11.6 Å². The highest BCUT2D eigenvalue weighted by Crippen LogP contribution is 2.29. The van der Waals surface area contributed by atoms with Crippen molar-refractivity contribution in [1.29, 1.82) is 0 Å². The highest BCUT2D eigenvalue weighted by molar-refractivity contribution is 5.39. The molecule has 0 unspecified atom stereocenters. The molecule has 2 aromatic rings. The first-order valence-corrected chi connectivity index (χ1v) is 6.67. The van der Waals surface area contributed by atoms with E-state index in [1.807, 2.05) is 0 Å². The summed E-state index contributed by atoms with van der Waals surface area (Å²) in [5.41, 5.74) is 0.433. The minimum atomic E-state index is -0.460. The molecule has 3 rings (SSSR count). The van der Waals surface area contributed by atoms with Crippen LogP contribution >= 0.6 is 0 Å². The van der Waals surface area contributed by atoms with Crippen LogP contribution in [-0.4, -0.2) is 6.04 Å².